The number of ether oxygens (including phenoxy) is 1. The van der Waals surface area contributed by atoms with Gasteiger partial charge in [-0.1, -0.05) is 24.3 Å². The molecule has 2 aromatic rings. The second-order valence-electron chi connectivity index (χ2n) is 3.94. The Balaban J connectivity index is 2.10. The Kier molecular flexibility index (Phi) is 4.28. The first-order chi connectivity index (χ1) is 8.81. The summed E-state index contributed by atoms with van der Waals surface area (Å²) in [7, 11) is 0. The smallest absolute Gasteiger partial charge is 0.130 e. The van der Waals surface area contributed by atoms with Crippen LogP contribution in [0.25, 0.3) is 0 Å². The molecule has 2 rings (SSSR count). The molecule has 1 aromatic carbocycles. The summed E-state index contributed by atoms with van der Waals surface area (Å²) in [5, 5.41) is 9.11. The van der Waals surface area contributed by atoms with E-state index < -0.39 is 6.04 Å². The molecule has 4 heteroatoms. The molecule has 0 fully saturated rings. The number of hydrogen-bond acceptors (Lipinski definition) is 4. The molecule has 3 N–H and O–H groups in total. The van der Waals surface area contributed by atoms with Crippen LogP contribution in [0, 0.1) is 0 Å². The highest BCUT2D eigenvalue weighted by atomic mass is 16.5. The molecule has 0 amide bonds. The highest BCUT2D eigenvalue weighted by molar-refractivity contribution is 5.35. The number of rotatable bonds is 5. The predicted molar refractivity (Wildman–Crippen MR) is 69.0 cm³/mol. The number of pyridine rings is 1. The Morgan fingerprint density at radius 2 is 1.94 bits per heavy atom. The van der Waals surface area contributed by atoms with Crippen molar-refractivity contribution in [3.8, 4) is 5.75 Å². The standard InChI is InChI=1S/C14H16N2O2/c15-13(9-17)12-6-1-2-7-14(12)18-10-11-5-3-4-8-16-11/h1-8,13,17H,9-10,15H2/t13-/m1/s1. The Morgan fingerprint density at radius 3 is 2.67 bits per heavy atom. The van der Waals surface area contributed by atoms with Gasteiger partial charge < -0.3 is 15.6 Å². The van der Waals surface area contributed by atoms with Crippen molar-refractivity contribution in [1.82, 2.24) is 4.98 Å². The van der Waals surface area contributed by atoms with Crippen LogP contribution in [-0.2, 0) is 6.61 Å². The summed E-state index contributed by atoms with van der Waals surface area (Å²) in [6.07, 6.45) is 1.73. The van der Waals surface area contributed by atoms with Gasteiger partial charge in [0.25, 0.3) is 0 Å². The average molecular weight is 244 g/mol. The van der Waals surface area contributed by atoms with Gasteiger partial charge >= 0.3 is 0 Å². The number of hydrogen-bond donors (Lipinski definition) is 2. The zero-order valence-corrected chi connectivity index (χ0v) is 9.99. The van der Waals surface area contributed by atoms with Gasteiger partial charge in [-0.2, -0.15) is 0 Å². The molecule has 94 valence electrons. The topological polar surface area (TPSA) is 68.4 Å². The van der Waals surface area contributed by atoms with Crippen molar-refractivity contribution in [3.05, 3.63) is 59.9 Å². The second-order valence-corrected chi connectivity index (χ2v) is 3.94. The SMILES string of the molecule is N[C@H](CO)c1ccccc1OCc1ccccn1. The first-order valence-corrected chi connectivity index (χ1v) is 5.79. The van der Waals surface area contributed by atoms with Gasteiger partial charge in [0.2, 0.25) is 0 Å². The van der Waals surface area contributed by atoms with Crippen molar-refractivity contribution in [2.24, 2.45) is 5.73 Å². The number of aromatic nitrogens is 1. The minimum absolute atomic E-state index is 0.107. The summed E-state index contributed by atoms with van der Waals surface area (Å²) in [6, 6.07) is 12.7. The third kappa shape index (κ3) is 3.06. The van der Waals surface area contributed by atoms with Crippen molar-refractivity contribution in [2.75, 3.05) is 6.61 Å². The molecule has 1 atom stereocenters. The van der Waals surface area contributed by atoms with Gasteiger partial charge in [0.1, 0.15) is 12.4 Å². The van der Waals surface area contributed by atoms with Crippen LogP contribution in [0.5, 0.6) is 5.75 Å². The number of aliphatic hydroxyl groups is 1. The van der Waals surface area contributed by atoms with Gasteiger partial charge in [-0.05, 0) is 18.2 Å². The van der Waals surface area contributed by atoms with Crippen LogP contribution in [0.3, 0.4) is 0 Å². The maximum Gasteiger partial charge on any atom is 0.130 e. The summed E-state index contributed by atoms with van der Waals surface area (Å²) in [5.41, 5.74) is 7.47. The average Bonchev–Trinajstić information content (AvgIpc) is 2.45. The molecule has 0 bridgehead atoms. The minimum Gasteiger partial charge on any atom is -0.487 e. The lowest BCUT2D eigenvalue weighted by Crippen LogP contribution is -2.15. The van der Waals surface area contributed by atoms with Gasteiger partial charge in [-0.15, -0.1) is 0 Å². The Morgan fingerprint density at radius 1 is 1.17 bits per heavy atom. The Hall–Kier alpha value is -1.91. The molecular weight excluding hydrogens is 228 g/mol. The first-order valence-electron chi connectivity index (χ1n) is 5.79. The molecule has 0 radical (unpaired) electrons. The summed E-state index contributed by atoms with van der Waals surface area (Å²) < 4.78 is 5.69. The molecule has 0 saturated carbocycles. The molecule has 0 aliphatic heterocycles. The number of para-hydroxylation sites is 1. The van der Waals surface area contributed by atoms with Crippen molar-refractivity contribution >= 4 is 0 Å². The van der Waals surface area contributed by atoms with Gasteiger partial charge in [-0.25, -0.2) is 0 Å². The first kappa shape index (κ1) is 12.5. The maximum absolute atomic E-state index is 9.11. The molecule has 0 saturated heterocycles. The molecule has 4 nitrogen and oxygen atoms in total. The fourth-order valence-corrected chi connectivity index (χ4v) is 1.65. The molecule has 18 heavy (non-hydrogen) atoms. The fraction of sp³-hybridized carbons (Fsp3) is 0.214. The maximum atomic E-state index is 9.11. The highest BCUT2D eigenvalue weighted by Crippen LogP contribution is 2.23. The van der Waals surface area contributed by atoms with E-state index in [-0.39, 0.29) is 6.61 Å². The monoisotopic (exact) mass is 244 g/mol. The number of nitrogens with zero attached hydrogens (tertiary/aromatic N) is 1. The van der Waals surface area contributed by atoms with Crippen molar-refractivity contribution < 1.29 is 9.84 Å². The summed E-state index contributed by atoms with van der Waals surface area (Å²) in [4.78, 5) is 4.18. The van der Waals surface area contributed by atoms with E-state index in [1.54, 1.807) is 6.20 Å². The van der Waals surface area contributed by atoms with Gasteiger partial charge in [0.15, 0.2) is 0 Å². The largest absolute Gasteiger partial charge is 0.487 e. The van der Waals surface area contributed by atoms with Crippen LogP contribution >= 0.6 is 0 Å². The third-order valence-electron chi connectivity index (χ3n) is 2.62. The molecule has 0 spiro atoms. The molecule has 1 heterocycles. The zero-order valence-electron chi connectivity index (χ0n) is 9.99. The quantitative estimate of drug-likeness (QED) is 0.839. The fourth-order valence-electron chi connectivity index (χ4n) is 1.65. The van der Waals surface area contributed by atoms with Crippen LogP contribution in [0.4, 0.5) is 0 Å². The second kappa shape index (κ2) is 6.14. The van der Waals surface area contributed by atoms with Gasteiger partial charge in [0.05, 0.1) is 18.3 Å². The van der Waals surface area contributed by atoms with Crippen LogP contribution in [-0.4, -0.2) is 16.7 Å². The van der Waals surface area contributed by atoms with Gasteiger partial charge in [0, 0.05) is 11.8 Å². The highest BCUT2D eigenvalue weighted by Gasteiger charge is 2.10. The van der Waals surface area contributed by atoms with E-state index in [9.17, 15) is 0 Å². The lowest BCUT2D eigenvalue weighted by atomic mass is 10.1. The number of benzene rings is 1. The van der Waals surface area contributed by atoms with Crippen LogP contribution in [0.1, 0.15) is 17.3 Å². The van der Waals surface area contributed by atoms with E-state index in [0.717, 1.165) is 11.3 Å². The molecule has 1 aromatic heterocycles. The van der Waals surface area contributed by atoms with Crippen molar-refractivity contribution in [2.45, 2.75) is 12.6 Å². The van der Waals surface area contributed by atoms with E-state index in [0.29, 0.717) is 12.4 Å². The van der Waals surface area contributed by atoms with E-state index in [2.05, 4.69) is 4.98 Å². The van der Waals surface area contributed by atoms with Crippen LogP contribution in [0.15, 0.2) is 48.7 Å². The predicted octanol–water partition coefficient (Wildman–Crippen LogP) is 1.65. The van der Waals surface area contributed by atoms with E-state index in [1.807, 2.05) is 42.5 Å². The van der Waals surface area contributed by atoms with Crippen LogP contribution in [0.2, 0.25) is 0 Å². The zero-order chi connectivity index (χ0) is 12.8. The van der Waals surface area contributed by atoms with Crippen molar-refractivity contribution in [3.63, 3.8) is 0 Å². The summed E-state index contributed by atoms with van der Waals surface area (Å²) in [6.45, 7) is 0.278. The number of aliphatic hydroxyl groups excluding tert-OH is 1. The summed E-state index contributed by atoms with van der Waals surface area (Å²) >= 11 is 0. The van der Waals surface area contributed by atoms with Crippen LogP contribution < -0.4 is 10.5 Å². The molecular formula is C14H16N2O2. The lowest BCUT2D eigenvalue weighted by Gasteiger charge is -2.14. The Bertz CT molecular complexity index is 488. The van der Waals surface area contributed by atoms with Crippen molar-refractivity contribution in [1.29, 1.82) is 0 Å². The minimum atomic E-state index is -0.426. The Labute approximate surface area is 106 Å². The number of nitrogens with two attached hydrogens (primary N) is 1. The van der Waals surface area contributed by atoms with Gasteiger partial charge in [-0.3, -0.25) is 4.98 Å². The molecule has 0 aliphatic rings. The lowest BCUT2D eigenvalue weighted by molar-refractivity contribution is 0.257. The van der Waals surface area contributed by atoms with E-state index >= 15 is 0 Å². The molecule has 0 aliphatic carbocycles. The normalized spacial score (nSPS) is 12.1. The molecule has 0 unspecified atom stereocenters. The van der Waals surface area contributed by atoms with E-state index in [1.165, 1.54) is 0 Å². The summed E-state index contributed by atoms with van der Waals surface area (Å²) in [5.74, 6) is 0.685. The third-order valence-corrected chi connectivity index (χ3v) is 2.62. The van der Waals surface area contributed by atoms with E-state index in [4.69, 9.17) is 15.6 Å².